The maximum absolute atomic E-state index is 5.70. The number of hydrogen-bond acceptors (Lipinski definition) is 5. The van der Waals surface area contributed by atoms with Gasteiger partial charge in [0.2, 0.25) is 5.89 Å². The van der Waals surface area contributed by atoms with Crippen LogP contribution in [-0.4, -0.2) is 48.3 Å². The highest BCUT2D eigenvalue weighted by molar-refractivity contribution is 5.24. The van der Waals surface area contributed by atoms with Crippen LogP contribution in [0.4, 0.5) is 6.01 Å². The van der Waals surface area contributed by atoms with Crippen molar-refractivity contribution in [2.24, 2.45) is 0 Å². The summed E-state index contributed by atoms with van der Waals surface area (Å²) in [4.78, 5) is 4.55. The molecule has 0 spiro atoms. The maximum Gasteiger partial charge on any atom is 0.318 e. The maximum atomic E-state index is 5.70. The van der Waals surface area contributed by atoms with Crippen LogP contribution in [0.2, 0.25) is 0 Å². The lowest BCUT2D eigenvalue weighted by Crippen LogP contribution is -2.30. The van der Waals surface area contributed by atoms with Gasteiger partial charge in [-0.15, -0.1) is 5.10 Å². The molecule has 102 valence electrons. The molecule has 1 fully saturated rings. The lowest BCUT2D eigenvalue weighted by molar-refractivity contribution is 0.272. The first-order valence-electron chi connectivity index (χ1n) is 6.94. The lowest BCUT2D eigenvalue weighted by Gasteiger charge is -2.22. The van der Waals surface area contributed by atoms with Crippen molar-refractivity contribution >= 4 is 6.01 Å². The van der Waals surface area contributed by atoms with Gasteiger partial charge in [-0.25, -0.2) is 0 Å². The Balaban J connectivity index is 1.96. The van der Waals surface area contributed by atoms with Crippen LogP contribution < -0.4 is 4.90 Å². The molecule has 1 atom stereocenters. The number of nitrogens with zero attached hydrogens (tertiary/aromatic N) is 4. The number of anilines is 1. The molecule has 0 bridgehead atoms. The largest absolute Gasteiger partial charge is 0.408 e. The summed E-state index contributed by atoms with van der Waals surface area (Å²) in [5, 5.41) is 8.26. The SMILES string of the molecule is CCCc1nnc(N2CCC[C@H](N(C)C)CC2)o1. The molecule has 0 N–H and O–H groups in total. The van der Waals surface area contributed by atoms with E-state index in [9.17, 15) is 0 Å². The topological polar surface area (TPSA) is 45.4 Å². The van der Waals surface area contributed by atoms with Crippen LogP contribution >= 0.6 is 0 Å². The average Bonchev–Trinajstić information content (AvgIpc) is 2.65. The summed E-state index contributed by atoms with van der Waals surface area (Å²) in [5.41, 5.74) is 0. The highest BCUT2D eigenvalue weighted by Gasteiger charge is 2.21. The van der Waals surface area contributed by atoms with Crippen molar-refractivity contribution in [2.75, 3.05) is 32.1 Å². The van der Waals surface area contributed by atoms with E-state index < -0.39 is 0 Å². The second-order valence-electron chi connectivity index (χ2n) is 5.26. The van der Waals surface area contributed by atoms with E-state index in [4.69, 9.17) is 4.42 Å². The molecule has 0 amide bonds. The summed E-state index contributed by atoms with van der Waals surface area (Å²) in [6.07, 6.45) is 5.53. The molecule has 0 radical (unpaired) electrons. The van der Waals surface area contributed by atoms with Gasteiger partial charge in [0.25, 0.3) is 0 Å². The summed E-state index contributed by atoms with van der Waals surface area (Å²) in [5.74, 6) is 0.765. The van der Waals surface area contributed by atoms with Crippen LogP contribution in [0.15, 0.2) is 4.42 Å². The van der Waals surface area contributed by atoms with Gasteiger partial charge in [0, 0.05) is 25.6 Å². The molecule has 0 aromatic carbocycles. The molecular weight excluding hydrogens is 228 g/mol. The van der Waals surface area contributed by atoms with Crippen molar-refractivity contribution in [3.63, 3.8) is 0 Å². The van der Waals surface area contributed by atoms with Crippen LogP contribution in [-0.2, 0) is 6.42 Å². The van der Waals surface area contributed by atoms with Crippen LogP contribution in [0.25, 0.3) is 0 Å². The molecule has 1 aromatic rings. The monoisotopic (exact) mass is 252 g/mol. The summed E-state index contributed by atoms with van der Waals surface area (Å²) >= 11 is 0. The fraction of sp³-hybridized carbons (Fsp3) is 0.846. The van der Waals surface area contributed by atoms with Crippen molar-refractivity contribution in [2.45, 2.75) is 45.1 Å². The molecule has 0 aliphatic carbocycles. The fourth-order valence-electron chi connectivity index (χ4n) is 2.47. The summed E-state index contributed by atoms with van der Waals surface area (Å²) in [6.45, 7) is 4.16. The zero-order valence-corrected chi connectivity index (χ0v) is 11.7. The van der Waals surface area contributed by atoms with E-state index >= 15 is 0 Å². The molecule has 5 heteroatoms. The van der Waals surface area contributed by atoms with E-state index in [2.05, 4.69) is 41.0 Å². The van der Waals surface area contributed by atoms with Gasteiger partial charge in [-0.05, 0) is 39.8 Å². The smallest absolute Gasteiger partial charge is 0.318 e. The van der Waals surface area contributed by atoms with Crippen LogP contribution in [0.5, 0.6) is 0 Å². The minimum Gasteiger partial charge on any atom is -0.408 e. The fourth-order valence-corrected chi connectivity index (χ4v) is 2.47. The highest BCUT2D eigenvalue weighted by Crippen LogP contribution is 2.20. The Bertz CT molecular complexity index is 364. The molecule has 1 aromatic heterocycles. The molecule has 0 saturated carbocycles. The molecule has 1 aliphatic heterocycles. The molecular formula is C13H24N4O. The lowest BCUT2D eigenvalue weighted by atomic mass is 10.1. The zero-order valence-electron chi connectivity index (χ0n) is 11.7. The van der Waals surface area contributed by atoms with Gasteiger partial charge < -0.3 is 14.2 Å². The molecule has 1 aliphatic rings. The molecule has 2 heterocycles. The van der Waals surface area contributed by atoms with Gasteiger partial charge in [-0.3, -0.25) is 0 Å². The van der Waals surface area contributed by atoms with Gasteiger partial charge in [0.05, 0.1) is 0 Å². The van der Waals surface area contributed by atoms with Crippen LogP contribution in [0.3, 0.4) is 0 Å². The van der Waals surface area contributed by atoms with Gasteiger partial charge in [0.15, 0.2) is 0 Å². The standard InChI is InChI=1S/C13H24N4O/c1-4-6-12-14-15-13(18-12)17-9-5-7-11(8-10-17)16(2)3/h11H,4-10H2,1-3H3/t11-/m0/s1. The van der Waals surface area contributed by atoms with Gasteiger partial charge in [-0.2, -0.15) is 0 Å². The van der Waals surface area contributed by atoms with E-state index in [0.717, 1.165) is 31.8 Å². The predicted octanol–water partition coefficient (Wildman–Crippen LogP) is 1.94. The minimum absolute atomic E-state index is 0.674. The molecule has 2 rings (SSSR count). The Hall–Kier alpha value is -1.10. The summed E-state index contributed by atoms with van der Waals surface area (Å²) in [6, 6.07) is 1.38. The van der Waals surface area contributed by atoms with Crippen molar-refractivity contribution in [3.8, 4) is 0 Å². The minimum atomic E-state index is 0.674. The number of aryl methyl sites for hydroxylation is 1. The summed E-state index contributed by atoms with van der Waals surface area (Å²) in [7, 11) is 4.32. The first-order chi connectivity index (χ1) is 8.70. The van der Waals surface area contributed by atoms with Crippen LogP contribution in [0, 0.1) is 0 Å². The quantitative estimate of drug-likeness (QED) is 0.819. The Kier molecular flexibility index (Phi) is 4.58. The second kappa shape index (κ2) is 6.18. The van der Waals surface area contributed by atoms with Crippen molar-refractivity contribution in [1.82, 2.24) is 15.1 Å². The third-order valence-electron chi connectivity index (χ3n) is 3.62. The van der Waals surface area contributed by atoms with Gasteiger partial charge >= 0.3 is 6.01 Å². The second-order valence-corrected chi connectivity index (χ2v) is 5.26. The average molecular weight is 252 g/mol. The normalized spacial score (nSPS) is 21.3. The summed E-state index contributed by atoms with van der Waals surface area (Å²) < 4.78 is 5.70. The van der Waals surface area contributed by atoms with E-state index in [1.54, 1.807) is 0 Å². The molecule has 1 saturated heterocycles. The number of rotatable bonds is 4. The van der Waals surface area contributed by atoms with Crippen molar-refractivity contribution in [1.29, 1.82) is 0 Å². The first-order valence-corrected chi connectivity index (χ1v) is 6.94. The van der Waals surface area contributed by atoms with E-state index in [-0.39, 0.29) is 0 Å². The van der Waals surface area contributed by atoms with Crippen molar-refractivity contribution < 1.29 is 4.42 Å². The van der Waals surface area contributed by atoms with E-state index in [1.165, 1.54) is 19.3 Å². The first kappa shape index (κ1) is 13.3. The Morgan fingerprint density at radius 1 is 1.28 bits per heavy atom. The molecule has 0 unspecified atom stereocenters. The van der Waals surface area contributed by atoms with Gasteiger partial charge in [-0.1, -0.05) is 12.0 Å². The zero-order chi connectivity index (χ0) is 13.0. The molecule has 18 heavy (non-hydrogen) atoms. The highest BCUT2D eigenvalue weighted by atomic mass is 16.4. The third-order valence-corrected chi connectivity index (χ3v) is 3.62. The Labute approximate surface area is 109 Å². The van der Waals surface area contributed by atoms with E-state index in [0.29, 0.717) is 12.1 Å². The Morgan fingerprint density at radius 3 is 2.83 bits per heavy atom. The number of aromatic nitrogens is 2. The molecule has 5 nitrogen and oxygen atoms in total. The van der Waals surface area contributed by atoms with Crippen molar-refractivity contribution in [3.05, 3.63) is 5.89 Å². The Morgan fingerprint density at radius 2 is 2.11 bits per heavy atom. The third kappa shape index (κ3) is 3.22. The van der Waals surface area contributed by atoms with Gasteiger partial charge in [0.1, 0.15) is 0 Å². The van der Waals surface area contributed by atoms with E-state index in [1.807, 2.05) is 0 Å². The number of hydrogen-bond donors (Lipinski definition) is 0. The predicted molar refractivity (Wildman–Crippen MR) is 71.8 cm³/mol. The van der Waals surface area contributed by atoms with Crippen LogP contribution in [0.1, 0.15) is 38.5 Å².